The van der Waals surface area contributed by atoms with Gasteiger partial charge in [0, 0.05) is 12.7 Å². The molecule has 0 saturated carbocycles. The molecule has 0 aromatic heterocycles. The van der Waals surface area contributed by atoms with Crippen LogP contribution in [0, 0.1) is 11.5 Å². The standard InChI is InChI=1S/C18H30O3Si2/c1-19-11-12-20-15-21-17-9-8-16(10-13-22(2,3)4)14-18(17)23(5,6)7/h8-9,14H,11-12,15H2,1-7H3. The first-order valence-electron chi connectivity index (χ1n) is 8.01. The van der Waals surface area contributed by atoms with Crippen molar-refractivity contribution in [2.24, 2.45) is 0 Å². The summed E-state index contributed by atoms with van der Waals surface area (Å²) in [6.45, 7) is 15.1. The van der Waals surface area contributed by atoms with E-state index in [2.05, 4.69) is 56.8 Å². The smallest absolute Gasteiger partial charge is 0.189 e. The van der Waals surface area contributed by atoms with Crippen molar-refractivity contribution >= 4 is 21.3 Å². The van der Waals surface area contributed by atoms with Crippen LogP contribution in [0.5, 0.6) is 5.75 Å². The summed E-state index contributed by atoms with van der Waals surface area (Å²) >= 11 is 0. The Balaban J connectivity index is 2.92. The van der Waals surface area contributed by atoms with E-state index in [0.717, 1.165) is 11.3 Å². The van der Waals surface area contributed by atoms with E-state index in [1.807, 2.05) is 12.1 Å². The van der Waals surface area contributed by atoms with Gasteiger partial charge in [-0.3, -0.25) is 0 Å². The maximum absolute atomic E-state index is 5.83. The lowest BCUT2D eigenvalue weighted by molar-refractivity contribution is -0.00804. The van der Waals surface area contributed by atoms with Crippen LogP contribution in [0.2, 0.25) is 39.3 Å². The van der Waals surface area contributed by atoms with Gasteiger partial charge in [-0.1, -0.05) is 45.2 Å². The van der Waals surface area contributed by atoms with Gasteiger partial charge in [-0.15, -0.1) is 5.54 Å². The van der Waals surface area contributed by atoms with E-state index in [4.69, 9.17) is 14.2 Å². The summed E-state index contributed by atoms with van der Waals surface area (Å²) in [5.74, 6) is 4.26. The van der Waals surface area contributed by atoms with E-state index >= 15 is 0 Å². The Kier molecular flexibility index (Phi) is 7.55. The molecule has 0 aliphatic rings. The Morgan fingerprint density at radius 1 is 1.00 bits per heavy atom. The van der Waals surface area contributed by atoms with E-state index in [9.17, 15) is 0 Å². The molecule has 0 spiro atoms. The minimum absolute atomic E-state index is 0.251. The van der Waals surface area contributed by atoms with E-state index in [1.54, 1.807) is 7.11 Å². The van der Waals surface area contributed by atoms with Crippen molar-refractivity contribution in [1.29, 1.82) is 0 Å². The lowest BCUT2D eigenvalue weighted by atomic mass is 10.2. The number of hydrogen-bond acceptors (Lipinski definition) is 3. The Morgan fingerprint density at radius 2 is 1.70 bits per heavy atom. The second-order valence-corrected chi connectivity index (χ2v) is 17.4. The first-order valence-corrected chi connectivity index (χ1v) is 15.0. The van der Waals surface area contributed by atoms with Crippen LogP contribution in [0.4, 0.5) is 0 Å². The molecule has 23 heavy (non-hydrogen) atoms. The number of methoxy groups -OCH3 is 1. The molecule has 0 heterocycles. The van der Waals surface area contributed by atoms with Gasteiger partial charge >= 0.3 is 0 Å². The van der Waals surface area contributed by atoms with Crippen molar-refractivity contribution in [1.82, 2.24) is 0 Å². The van der Waals surface area contributed by atoms with E-state index < -0.39 is 16.1 Å². The highest BCUT2D eigenvalue weighted by Crippen LogP contribution is 2.16. The molecule has 1 rings (SSSR count). The SMILES string of the molecule is COCCOCOc1ccc(C#C[Si](C)(C)C)cc1[Si](C)(C)C. The van der Waals surface area contributed by atoms with Gasteiger partial charge in [0.15, 0.2) is 6.79 Å². The maximum atomic E-state index is 5.83. The third kappa shape index (κ3) is 7.84. The van der Waals surface area contributed by atoms with Crippen molar-refractivity contribution < 1.29 is 14.2 Å². The quantitative estimate of drug-likeness (QED) is 0.326. The summed E-state index contributed by atoms with van der Waals surface area (Å²) in [5.41, 5.74) is 4.51. The van der Waals surface area contributed by atoms with Gasteiger partial charge < -0.3 is 14.2 Å². The molecule has 0 N–H and O–H groups in total. The molecule has 1 aromatic rings. The first-order chi connectivity index (χ1) is 10.6. The average Bonchev–Trinajstić information content (AvgIpc) is 2.43. The van der Waals surface area contributed by atoms with Gasteiger partial charge in [0.05, 0.1) is 21.3 Å². The van der Waals surface area contributed by atoms with Crippen LogP contribution in [0.1, 0.15) is 5.56 Å². The minimum atomic E-state index is -1.52. The molecule has 3 nitrogen and oxygen atoms in total. The number of ether oxygens (including phenoxy) is 3. The molecule has 0 fully saturated rings. The Morgan fingerprint density at radius 3 is 2.26 bits per heavy atom. The van der Waals surface area contributed by atoms with Crippen molar-refractivity contribution in [3.05, 3.63) is 23.8 Å². The van der Waals surface area contributed by atoms with Gasteiger partial charge in [0.25, 0.3) is 0 Å². The Hall–Kier alpha value is -1.07. The summed E-state index contributed by atoms with van der Waals surface area (Å²) in [6, 6.07) is 6.27. The van der Waals surface area contributed by atoms with Crippen LogP contribution in [-0.4, -0.2) is 43.3 Å². The summed E-state index contributed by atoms with van der Waals surface area (Å²) in [7, 11) is -1.22. The summed E-state index contributed by atoms with van der Waals surface area (Å²) in [4.78, 5) is 0. The van der Waals surface area contributed by atoms with Crippen LogP contribution in [0.25, 0.3) is 0 Å². The zero-order valence-electron chi connectivity index (χ0n) is 15.6. The van der Waals surface area contributed by atoms with Crippen LogP contribution >= 0.6 is 0 Å². The fourth-order valence-corrected chi connectivity index (χ4v) is 3.89. The normalized spacial score (nSPS) is 11.8. The molecular formula is C18H30O3Si2. The highest BCUT2D eigenvalue weighted by molar-refractivity contribution is 6.89. The van der Waals surface area contributed by atoms with Crippen molar-refractivity contribution in [2.75, 3.05) is 27.1 Å². The van der Waals surface area contributed by atoms with Crippen LogP contribution < -0.4 is 9.92 Å². The van der Waals surface area contributed by atoms with Crippen molar-refractivity contribution in [3.63, 3.8) is 0 Å². The second-order valence-electron chi connectivity index (χ2n) is 7.62. The van der Waals surface area contributed by atoms with Gasteiger partial charge in [-0.2, -0.15) is 0 Å². The molecule has 5 heteroatoms. The third-order valence-corrected chi connectivity index (χ3v) is 5.98. The van der Waals surface area contributed by atoms with Crippen LogP contribution in [0.15, 0.2) is 18.2 Å². The number of hydrogen-bond donors (Lipinski definition) is 0. The Bertz CT molecular complexity index is 560. The molecular weight excluding hydrogens is 320 g/mol. The van der Waals surface area contributed by atoms with Crippen molar-refractivity contribution in [2.45, 2.75) is 39.3 Å². The van der Waals surface area contributed by atoms with E-state index in [-0.39, 0.29) is 6.79 Å². The molecule has 0 saturated heterocycles. The molecule has 0 radical (unpaired) electrons. The largest absolute Gasteiger partial charge is 0.468 e. The molecule has 1 aromatic carbocycles. The molecule has 0 bridgehead atoms. The number of benzene rings is 1. The van der Waals surface area contributed by atoms with Gasteiger partial charge in [-0.05, 0) is 23.4 Å². The molecule has 0 aliphatic carbocycles. The first kappa shape index (κ1) is 20.0. The molecule has 0 amide bonds. The zero-order valence-corrected chi connectivity index (χ0v) is 17.6. The summed E-state index contributed by atoms with van der Waals surface area (Å²) in [5, 5.41) is 1.29. The predicted molar refractivity (Wildman–Crippen MR) is 103 cm³/mol. The van der Waals surface area contributed by atoms with Crippen molar-refractivity contribution in [3.8, 4) is 17.2 Å². The second kappa shape index (κ2) is 8.69. The fraction of sp³-hybridized carbons (Fsp3) is 0.556. The third-order valence-electron chi connectivity index (χ3n) is 3.10. The average molecular weight is 351 g/mol. The highest BCUT2D eigenvalue weighted by atomic mass is 28.3. The van der Waals surface area contributed by atoms with Gasteiger partial charge in [-0.25, -0.2) is 0 Å². The van der Waals surface area contributed by atoms with Gasteiger partial charge in [0.1, 0.15) is 13.8 Å². The fourth-order valence-electron chi connectivity index (χ4n) is 1.89. The lowest BCUT2D eigenvalue weighted by Crippen LogP contribution is -2.39. The van der Waals surface area contributed by atoms with E-state index in [1.165, 1.54) is 5.19 Å². The molecule has 128 valence electrons. The zero-order chi connectivity index (χ0) is 17.5. The van der Waals surface area contributed by atoms with Crippen LogP contribution in [0.3, 0.4) is 0 Å². The monoisotopic (exact) mass is 350 g/mol. The lowest BCUT2D eigenvalue weighted by Gasteiger charge is -2.21. The van der Waals surface area contributed by atoms with Gasteiger partial charge in [0.2, 0.25) is 0 Å². The predicted octanol–water partition coefficient (Wildman–Crippen LogP) is 3.46. The highest BCUT2D eigenvalue weighted by Gasteiger charge is 2.21. The molecule has 0 unspecified atom stereocenters. The topological polar surface area (TPSA) is 27.7 Å². The van der Waals surface area contributed by atoms with E-state index in [0.29, 0.717) is 13.2 Å². The minimum Gasteiger partial charge on any atom is -0.468 e. The molecule has 0 aliphatic heterocycles. The Labute approximate surface area is 143 Å². The molecule has 0 atom stereocenters. The summed E-state index contributed by atoms with van der Waals surface area (Å²) < 4.78 is 16.2. The summed E-state index contributed by atoms with van der Waals surface area (Å²) in [6.07, 6.45) is 0. The van der Waals surface area contributed by atoms with Crippen LogP contribution in [-0.2, 0) is 9.47 Å². The number of rotatable bonds is 7. The maximum Gasteiger partial charge on any atom is 0.189 e.